The van der Waals surface area contributed by atoms with Crippen LogP contribution in [-0.4, -0.2) is 58.5 Å². The van der Waals surface area contributed by atoms with E-state index in [4.69, 9.17) is 37.1 Å². The summed E-state index contributed by atoms with van der Waals surface area (Å²) >= 11 is 13.1. The van der Waals surface area contributed by atoms with Crippen LogP contribution in [0.5, 0.6) is 5.75 Å². The molecule has 1 aliphatic heterocycles. The zero-order valence-electron chi connectivity index (χ0n) is 13.7. The van der Waals surface area contributed by atoms with Gasteiger partial charge in [0.15, 0.2) is 5.58 Å². The number of carbonyl (C=O) groups excluding carboxylic acids is 1. The van der Waals surface area contributed by atoms with Crippen molar-refractivity contribution < 1.29 is 34.0 Å². The lowest BCUT2D eigenvalue weighted by Gasteiger charge is -2.42. The summed E-state index contributed by atoms with van der Waals surface area (Å²) in [6, 6.07) is 0.243. The number of fused-ring (bicyclic) bond motifs is 1. The van der Waals surface area contributed by atoms with Gasteiger partial charge in [-0.2, -0.15) is 0 Å². The van der Waals surface area contributed by atoms with E-state index in [-0.39, 0.29) is 21.4 Å². The number of halogens is 2. The molecule has 1 fully saturated rings. The smallest absolute Gasteiger partial charge is 0.396 e. The predicted molar refractivity (Wildman–Crippen MR) is 96.4 cm³/mol. The highest BCUT2D eigenvalue weighted by atomic mass is 35.5. The van der Waals surface area contributed by atoms with Crippen LogP contribution >= 0.6 is 34.5 Å². The van der Waals surface area contributed by atoms with E-state index in [1.165, 1.54) is 13.0 Å². The monoisotopic (exact) mass is 439 g/mol. The average Bonchev–Trinajstić information content (AvgIpc) is 2.99. The van der Waals surface area contributed by atoms with E-state index < -0.39 is 48.1 Å². The molecule has 2 aromatic rings. The number of rotatable bonds is 4. The van der Waals surface area contributed by atoms with Gasteiger partial charge in [-0.1, -0.05) is 34.5 Å². The van der Waals surface area contributed by atoms with Crippen LogP contribution in [0.2, 0.25) is 10.0 Å². The van der Waals surface area contributed by atoms with E-state index >= 15 is 0 Å². The number of aliphatic hydroxyl groups excluding tert-OH is 3. The molecule has 0 spiro atoms. The molecule has 1 aromatic carbocycles. The Labute approximate surface area is 166 Å². The molecule has 148 valence electrons. The van der Waals surface area contributed by atoms with Gasteiger partial charge >= 0.3 is 4.94 Å². The Morgan fingerprint density at radius 1 is 1.33 bits per heavy atom. The third kappa shape index (κ3) is 3.92. The lowest BCUT2D eigenvalue weighted by Crippen LogP contribution is -2.65. The van der Waals surface area contributed by atoms with Gasteiger partial charge in [0.1, 0.15) is 40.1 Å². The molecule has 1 saturated heterocycles. The molecule has 0 saturated carbocycles. The molecular weight excluding hydrogens is 425 g/mol. The van der Waals surface area contributed by atoms with E-state index in [0.717, 1.165) is 11.3 Å². The SMILES string of the molecule is CC(=O)N[C@@H]1[C@H](Oc2cc3sc(=O)oc3c(Cl)c2Cl)O[C@H](CO)[C@H](O)[C@H]1O. The maximum atomic E-state index is 11.5. The molecule has 0 aliphatic carbocycles. The molecule has 4 N–H and O–H groups in total. The first-order valence-electron chi connectivity index (χ1n) is 7.70. The van der Waals surface area contributed by atoms with Crippen molar-refractivity contribution in [3.05, 3.63) is 25.8 Å². The Morgan fingerprint density at radius 2 is 2.04 bits per heavy atom. The highest BCUT2D eigenvalue weighted by molar-refractivity contribution is 7.16. The van der Waals surface area contributed by atoms with Gasteiger partial charge in [-0.05, 0) is 0 Å². The molecule has 1 amide bonds. The third-order valence-corrected chi connectivity index (χ3v) is 5.57. The quantitative estimate of drug-likeness (QED) is 0.539. The maximum Gasteiger partial charge on any atom is 0.396 e. The lowest BCUT2D eigenvalue weighted by atomic mass is 9.97. The van der Waals surface area contributed by atoms with Gasteiger partial charge < -0.3 is 34.5 Å². The van der Waals surface area contributed by atoms with Crippen LogP contribution in [-0.2, 0) is 9.53 Å². The van der Waals surface area contributed by atoms with Gasteiger partial charge in [0.05, 0.1) is 11.3 Å². The molecule has 12 heteroatoms. The molecule has 0 bridgehead atoms. The molecule has 0 radical (unpaired) electrons. The van der Waals surface area contributed by atoms with Gasteiger partial charge in [0.2, 0.25) is 12.2 Å². The number of hydrogen-bond donors (Lipinski definition) is 4. The van der Waals surface area contributed by atoms with Crippen molar-refractivity contribution in [2.45, 2.75) is 37.6 Å². The van der Waals surface area contributed by atoms with Crippen LogP contribution in [0.25, 0.3) is 10.3 Å². The number of benzene rings is 1. The summed E-state index contributed by atoms with van der Waals surface area (Å²) in [5.74, 6) is -0.495. The molecule has 0 unspecified atom stereocenters. The number of nitrogens with one attached hydrogen (secondary N) is 1. The largest absolute Gasteiger partial charge is 0.461 e. The van der Waals surface area contributed by atoms with E-state index in [2.05, 4.69) is 5.32 Å². The summed E-state index contributed by atoms with van der Waals surface area (Å²) in [5, 5.41) is 32.0. The second-order valence-electron chi connectivity index (χ2n) is 5.83. The minimum absolute atomic E-state index is 0.00634. The van der Waals surface area contributed by atoms with Gasteiger partial charge in [-0.3, -0.25) is 4.79 Å². The number of aliphatic hydroxyl groups is 3. The van der Waals surface area contributed by atoms with E-state index in [0.29, 0.717) is 4.70 Å². The topological polar surface area (TPSA) is 138 Å². The summed E-state index contributed by atoms with van der Waals surface area (Å²) in [6.45, 7) is 0.620. The summed E-state index contributed by atoms with van der Waals surface area (Å²) in [7, 11) is 0. The zero-order valence-corrected chi connectivity index (χ0v) is 16.0. The standard InChI is InChI=1S/C15H15Cl2NO8S/c1-4(20)18-10-12(22)11(21)6(3-19)25-14(10)24-5-2-7-13(9(17)8(5)16)26-15(23)27-7/h2,6,10-12,14,19,21-22H,3H2,1H3,(H,18,20)/t6-,10+,11+,12+,14-/m1/s1. The van der Waals surface area contributed by atoms with Crippen molar-refractivity contribution in [3.8, 4) is 5.75 Å². The van der Waals surface area contributed by atoms with Gasteiger partial charge in [-0.25, -0.2) is 4.79 Å². The first-order chi connectivity index (χ1) is 12.7. The summed E-state index contributed by atoms with van der Waals surface area (Å²) in [6.07, 6.45) is -5.39. The molecular formula is C15H15Cl2NO8S. The molecule has 2 heterocycles. The zero-order chi connectivity index (χ0) is 19.9. The maximum absolute atomic E-state index is 11.5. The van der Waals surface area contributed by atoms with Crippen LogP contribution in [0.4, 0.5) is 0 Å². The molecule has 3 rings (SSSR count). The first kappa shape index (κ1) is 20.3. The van der Waals surface area contributed by atoms with Crippen LogP contribution in [0.1, 0.15) is 6.92 Å². The molecule has 27 heavy (non-hydrogen) atoms. The number of hydrogen-bond acceptors (Lipinski definition) is 9. The summed E-state index contributed by atoms with van der Waals surface area (Å²) < 4.78 is 16.5. The fraction of sp³-hybridized carbons (Fsp3) is 0.467. The third-order valence-electron chi connectivity index (χ3n) is 3.97. The van der Waals surface area contributed by atoms with Gasteiger partial charge in [0, 0.05) is 13.0 Å². The van der Waals surface area contributed by atoms with Gasteiger partial charge in [0.25, 0.3) is 0 Å². The van der Waals surface area contributed by atoms with Crippen molar-refractivity contribution >= 4 is 50.7 Å². The molecule has 1 aromatic heterocycles. The minimum Gasteiger partial charge on any atom is -0.461 e. The minimum atomic E-state index is -1.48. The normalized spacial score (nSPS) is 28.3. The molecule has 1 aliphatic rings. The Morgan fingerprint density at radius 3 is 2.67 bits per heavy atom. The van der Waals surface area contributed by atoms with E-state index in [1.807, 2.05) is 0 Å². The van der Waals surface area contributed by atoms with Crippen molar-refractivity contribution in [1.29, 1.82) is 0 Å². The second kappa shape index (κ2) is 7.92. The van der Waals surface area contributed by atoms with E-state index in [1.54, 1.807) is 0 Å². The summed E-state index contributed by atoms with van der Waals surface area (Å²) in [4.78, 5) is 22.3. The van der Waals surface area contributed by atoms with Crippen LogP contribution in [0, 0.1) is 0 Å². The Kier molecular flexibility index (Phi) is 5.96. The van der Waals surface area contributed by atoms with Crippen LogP contribution in [0.15, 0.2) is 15.3 Å². The van der Waals surface area contributed by atoms with Crippen molar-refractivity contribution in [1.82, 2.24) is 5.32 Å². The van der Waals surface area contributed by atoms with E-state index in [9.17, 15) is 24.9 Å². The Bertz CT molecular complexity index is 915. The van der Waals surface area contributed by atoms with Crippen LogP contribution < -0.4 is 15.0 Å². The van der Waals surface area contributed by atoms with Crippen molar-refractivity contribution in [2.75, 3.05) is 6.61 Å². The summed E-state index contributed by atoms with van der Waals surface area (Å²) in [5.41, 5.74) is 0.107. The van der Waals surface area contributed by atoms with Gasteiger partial charge in [-0.15, -0.1) is 0 Å². The Balaban J connectivity index is 1.97. The molecule has 5 atom stereocenters. The highest BCUT2D eigenvalue weighted by Crippen LogP contribution is 2.40. The van der Waals surface area contributed by atoms with Crippen molar-refractivity contribution in [3.63, 3.8) is 0 Å². The average molecular weight is 440 g/mol. The van der Waals surface area contributed by atoms with Crippen molar-refractivity contribution in [2.24, 2.45) is 0 Å². The Hall–Kier alpha value is -1.40. The number of amides is 1. The fourth-order valence-electron chi connectivity index (χ4n) is 2.71. The predicted octanol–water partition coefficient (Wildman–Crippen LogP) is 0.484. The second-order valence-corrected chi connectivity index (χ2v) is 7.57. The highest BCUT2D eigenvalue weighted by Gasteiger charge is 2.46. The lowest BCUT2D eigenvalue weighted by molar-refractivity contribution is -0.244. The first-order valence-corrected chi connectivity index (χ1v) is 9.28. The number of carbonyl (C=O) groups is 1. The fourth-order valence-corrected chi connectivity index (χ4v) is 3.89. The molecule has 9 nitrogen and oxygen atoms in total. The number of ether oxygens (including phenoxy) is 2. The van der Waals surface area contributed by atoms with Crippen LogP contribution in [0.3, 0.4) is 0 Å².